The third-order valence-corrected chi connectivity index (χ3v) is 2.98. The molecule has 8 heteroatoms. The zero-order chi connectivity index (χ0) is 14.0. The summed E-state index contributed by atoms with van der Waals surface area (Å²) in [5.41, 5.74) is 2.73. The molecule has 0 saturated carbocycles. The van der Waals surface area contributed by atoms with Crippen molar-refractivity contribution in [2.24, 2.45) is 5.10 Å². The Morgan fingerprint density at radius 1 is 1.21 bits per heavy atom. The van der Waals surface area contributed by atoms with Crippen molar-refractivity contribution in [2.45, 2.75) is 6.92 Å². The highest BCUT2D eigenvalue weighted by molar-refractivity contribution is 7.13. The minimum Gasteiger partial charge on any atom is -0.253 e. The number of hydrogen-bond donors (Lipinski definition) is 1. The molecule has 0 aliphatic carbocycles. The Kier molecular flexibility index (Phi) is 3.79. The molecule has 3 nitrogen and oxygen atoms in total. The van der Waals surface area contributed by atoms with Crippen LogP contribution in [0.15, 0.2) is 16.5 Å². The highest BCUT2D eigenvalue weighted by atomic mass is 32.1. The van der Waals surface area contributed by atoms with Gasteiger partial charge in [-0.1, -0.05) is 0 Å². The molecule has 19 heavy (non-hydrogen) atoms. The van der Waals surface area contributed by atoms with Crippen LogP contribution in [0.3, 0.4) is 0 Å². The van der Waals surface area contributed by atoms with E-state index in [4.69, 9.17) is 0 Å². The van der Waals surface area contributed by atoms with Crippen LogP contribution in [0.4, 0.5) is 22.7 Å². The van der Waals surface area contributed by atoms with Gasteiger partial charge in [0.05, 0.1) is 11.9 Å². The molecule has 100 valence electrons. The smallest absolute Gasteiger partial charge is 0.203 e. The summed E-state index contributed by atoms with van der Waals surface area (Å²) in [7, 11) is 0. The summed E-state index contributed by atoms with van der Waals surface area (Å²) >= 11 is 1.26. The van der Waals surface area contributed by atoms with Gasteiger partial charge in [-0.05, 0) is 13.0 Å². The molecule has 1 heterocycles. The number of benzene rings is 1. The van der Waals surface area contributed by atoms with E-state index in [0.717, 1.165) is 11.9 Å². The van der Waals surface area contributed by atoms with Crippen molar-refractivity contribution in [3.05, 3.63) is 46.0 Å². The van der Waals surface area contributed by atoms with Gasteiger partial charge < -0.3 is 0 Å². The van der Waals surface area contributed by atoms with Crippen LogP contribution < -0.4 is 5.43 Å². The Morgan fingerprint density at radius 3 is 2.58 bits per heavy atom. The van der Waals surface area contributed by atoms with Crippen molar-refractivity contribution in [3.8, 4) is 0 Å². The second kappa shape index (κ2) is 5.35. The molecule has 2 aromatic rings. The Bertz CT molecular complexity index is 639. The summed E-state index contributed by atoms with van der Waals surface area (Å²) in [5, 5.41) is 5.78. The summed E-state index contributed by atoms with van der Waals surface area (Å²) in [6.07, 6.45) is 0.845. The van der Waals surface area contributed by atoms with Crippen LogP contribution in [-0.4, -0.2) is 11.2 Å². The van der Waals surface area contributed by atoms with E-state index in [1.807, 2.05) is 0 Å². The SMILES string of the molecule is Cc1csc(NN=Cc2cc(F)c(F)c(F)c2F)n1. The Labute approximate surface area is 109 Å². The second-order valence-corrected chi connectivity index (χ2v) is 4.41. The molecular formula is C11H7F4N3S. The fourth-order valence-corrected chi connectivity index (χ4v) is 1.88. The van der Waals surface area contributed by atoms with Crippen LogP contribution in [0.1, 0.15) is 11.3 Å². The number of aromatic nitrogens is 1. The molecule has 0 aliphatic rings. The molecule has 0 unspecified atom stereocenters. The van der Waals surface area contributed by atoms with E-state index in [-0.39, 0.29) is 0 Å². The van der Waals surface area contributed by atoms with E-state index >= 15 is 0 Å². The summed E-state index contributed by atoms with van der Waals surface area (Å²) < 4.78 is 51.8. The van der Waals surface area contributed by atoms with Gasteiger partial charge in [-0.25, -0.2) is 22.5 Å². The van der Waals surface area contributed by atoms with E-state index in [1.54, 1.807) is 12.3 Å². The van der Waals surface area contributed by atoms with E-state index in [2.05, 4.69) is 15.5 Å². The first-order chi connectivity index (χ1) is 8.99. The molecule has 0 spiro atoms. The average molecular weight is 289 g/mol. The maximum Gasteiger partial charge on any atom is 0.203 e. The van der Waals surface area contributed by atoms with Crippen LogP contribution in [0, 0.1) is 30.2 Å². The van der Waals surface area contributed by atoms with Gasteiger partial charge in [-0.2, -0.15) is 5.10 Å². The predicted molar refractivity (Wildman–Crippen MR) is 64.3 cm³/mol. The summed E-state index contributed by atoms with van der Waals surface area (Å²) in [6.45, 7) is 1.77. The predicted octanol–water partition coefficient (Wildman–Crippen LogP) is 3.45. The molecule has 0 atom stereocenters. The van der Waals surface area contributed by atoms with Crippen molar-refractivity contribution < 1.29 is 17.6 Å². The zero-order valence-corrected chi connectivity index (χ0v) is 10.4. The van der Waals surface area contributed by atoms with Crippen molar-refractivity contribution in [1.82, 2.24) is 4.98 Å². The minimum atomic E-state index is -1.87. The molecule has 0 aliphatic heterocycles. The Morgan fingerprint density at radius 2 is 1.95 bits per heavy atom. The lowest BCUT2D eigenvalue weighted by Crippen LogP contribution is -2.01. The number of hydrazone groups is 1. The van der Waals surface area contributed by atoms with Crippen molar-refractivity contribution >= 4 is 22.7 Å². The third-order valence-electron chi connectivity index (χ3n) is 2.11. The summed E-state index contributed by atoms with van der Waals surface area (Å²) in [4.78, 5) is 4.01. The van der Waals surface area contributed by atoms with Gasteiger partial charge in [0.15, 0.2) is 23.3 Å². The number of hydrogen-bond acceptors (Lipinski definition) is 4. The van der Waals surface area contributed by atoms with Gasteiger partial charge in [0.1, 0.15) is 0 Å². The molecule has 1 aromatic heterocycles. The topological polar surface area (TPSA) is 37.3 Å². The van der Waals surface area contributed by atoms with Gasteiger partial charge in [0.25, 0.3) is 0 Å². The molecule has 2 rings (SSSR count). The average Bonchev–Trinajstić information content (AvgIpc) is 2.79. The largest absolute Gasteiger partial charge is 0.253 e. The highest BCUT2D eigenvalue weighted by Crippen LogP contribution is 2.18. The number of halogens is 4. The second-order valence-electron chi connectivity index (χ2n) is 3.55. The molecule has 1 N–H and O–H groups in total. The lowest BCUT2D eigenvalue weighted by atomic mass is 10.2. The quantitative estimate of drug-likeness (QED) is 0.309. The maximum atomic E-state index is 13.3. The van der Waals surface area contributed by atoms with E-state index in [9.17, 15) is 17.6 Å². The zero-order valence-electron chi connectivity index (χ0n) is 9.55. The van der Waals surface area contributed by atoms with E-state index in [0.29, 0.717) is 11.2 Å². The number of anilines is 1. The fraction of sp³-hybridized carbons (Fsp3) is 0.0909. The van der Waals surface area contributed by atoms with Gasteiger partial charge in [0, 0.05) is 10.9 Å². The molecule has 0 radical (unpaired) electrons. The molecule has 0 saturated heterocycles. The van der Waals surface area contributed by atoms with Gasteiger partial charge >= 0.3 is 0 Å². The molecule has 1 aromatic carbocycles. The Hall–Kier alpha value is -1.96. The fourth-order valence-electron chi connectivity index (χ4n) is 1.25. The lowest BCUT2D eigenvalue weighted by Gasteiger charge is -2.01. The normalized spacial score (nSPS) is 11.2. The number of thiazole rings is 1. The molecule has 0 amide bonds. The van der Waals surface area contributed by atoms with Gasteiger partial charge in [-0.3, -0.25) is 5.43 Å². The van der Waals surface area contributed by atoms with Crippen molar-refractivity contribution in [1.29, 1.82) is 0 Å². The van der Waals surface area contributed by atoms with Crippen molar-refractivity contribution in [2.75, 3.05) is 5.43 Å². The number of nitrogens with one attached hydrogen (secondary N) is 1. The van der Waals surface area contributed by atoms with Crippen LogP contribution in [0.5, 0.6) is 0 Å². The monoisotopic (exact) mass is 289 g/mol. The van der Waals surface area contributed by atoms with Crippen LogP contribution in [0.25, 0.3) is 0 Å². The first-order valence-electron chi connectivity index (χ1n) is 5.03. The number of rotatable bonds is 3. The van der Waals surface area contributed by atoms with Crippen molar-refractivity contribution in [3.63, 3.8) is 0 Å². The third kappa shape index (κ3) is 2.90. The van der Waals surface area contributed by atoms with Gasteiger partial charge in [-0.15, -0.1) is 11.3 Å². The van der Waals surface area contributed by atoms with E-state index in [1.165, 1.54) is 11.3 Å². The van der Waals surface area contributed by atoms with Gasteiger partial charge in [0.2, 0.25) is 5.13 Å². The highest BCUT2D eigenvalue weighted by Gasteiger charge is 2.17. The standard InChI is InChI=1S/C11H7F4N3S/c1-5-4-19-11(17-5)18-16-3-6-2-7(12)9(14)10(15)8(6)13/h2-4H,1H3,(H,17,18). The Balaban J connectivity index is 2.19. The number of aryl methyl sites for hydroxylation is 1. The summed E-state index contributed by atoms with van der Waals surface area (Å²) in [6, 6.07) is 0.520. The molecular weight excluding hydrogens is 282 g/mol. The first-order valence-corrected chi connectivity index (χ1v) is 5.91. The van der Waals surface area contributed by atoms with E-state index < -0.39 is 28.8 Å². The lowest BCUT2D eigenvalue weighted by molar-refractivity contribution is 0.408. The molecule has 0 bridgehead atoms. The number of nitrogens with zero attached hydrogens (tertiary/aromatic N) is 2. The van der Waals surface area contributed by atoms with Crippen LogP contribution in [0.2, 0.25) is 0 Å². The maximum absolute atomic E-state index is 13.3. The van der Waals surface area contributed by atoms with Crippen LogP contribution >= 0.6 is 11.3 Å². The minimum absolute atomic E-state index is 0.442. The van der Waals surface area contributed by atoms with Crippen LogP contribution in [-0.2, 0) is 0 Å². The first kappa shape index (κ1) is 13.5. The molecule has 0 fully saturated rings. The summed E-state index contributed by atoms with van der Waals surface area (Å²) in [5.74, 6) is -6.70.